The summed E-state index contributed by atoms with van der Waals surface area (Å²) in [7, 11) is 0. The highest BCUT2D eigenvalue weighted by atomic mass is 16.4. The minimum absolute atomic E-state index is 0.343. The van der Waals surface area contributed by atoms with Crippen LogP contribution in [0.1, 0.15) is 78.1 Å². The lowest BCUT2D eigenvalue weighted by Gasteiger charge is -2.00. The van der Waals surface area contributed by atoms with E-state index in [0.717, 1.165) is 12.8 Å². The summed E-state index contributed by atoms with van der Waals surface area (Å²) < 4.78 is 0. The molecule has 0 bridgehead atoms. The van der Waals surface area contributed by atoms with Crippen molar-refractivity contribution in [1.82, 2.24) is 0 Å². The van der Waals surface area contributed by atoms with Gasteiger partial charge in [-0.3, -0.25) is 9.59 Å². The summed E-state index contributed by atoms with van der Waals surface area (Å²) in [4.78, 5) is 19.8. The van der Waals surface area contributed by atoms with Crippen LogP contribution in [-0.2, 0) is 9.59 Å². The predicted octanol–water partition coefficient (Wildman–Crippen LogP) is 3.41. The summed E-state index contributed by atoms with van der Waals surface area (Å²) >= 11 is 0. The molecule has 5 nitrogen and oxygen atoms in total. The lowest BCUT2D eigenvalue weighted by Crippen LogP contribution is -2.25. The molecule has 0 rings (SSSR count). The molecule has 0 aliphatic rings. The largest absolute Gasteiger partial charge is 0.481 e. The normalized spacial score (nSPS) is 11.3. The Morgan fingerprint density at radius 1 is 0.900 bits per heavy atom. The van der Waals surface area contributed by atoms with E-state index in [1.54, 1.807) is 0 Å². The number of carboxylic acids is 2. The number of nitrogens with two attached hydrogens (primary N) is 1. The van der Waals surface area contributed by atoms with Crippen molar-refractivity contribution in [2.45, 2.75) is 84.1 Å². The fourth-order valence-electron chi connectivity index (χ4n) is 1.59. The van der Waals surface area contributed by atoms with Crippen LogP contribution in [-0.4, -0.2) is 28.2 Å². The van der Waals surface area contributed by atoms with E-state index in [2.05, 4.69) is 6.92 Å². The number of aliphatic carboxylic acids is 2. The van der Waals surface area contributed by atoms with Gasteiger partial charge in [0.1, 0.15) is 6.04 Å². The Balaban J connectivity index is 0. The van der Waals surface area contributed by atoms with E-state index in [1.807, 2.05) is 0 Å². The zero-order valence-corrected chi connectivity index (χ0v) is 12.9. The van der Waals surface area contributed by atoms with E-state index < -0.39 is 18.0 Å². The van der Waals surface area contributed by atoms with Crippen LogP contribution >= 0.6 is 0 Å². The molecule has 120 valence electrons. The van der Waals surface area contributed by atoms with Crippen molar-refractivity contribution in [3.8, 4) is 0 Å². The van der Waals surface area contributed by atoms with Gasteiger partial charge in [0.2, 0.25) is 0 Å². The third-order valence-corrected chi connectivity index (χ3v) is 2.88. The molecular weight excluding hydrogens is 258 g/mol. The smallest absolute Gasteiger partial charge is 0.320 e. The van der Waals surface area contributed by atoms with Crippen LogP contribution in [0.2, 0.25) is 0 Å². The van der Waals surface area contributed by atoms with E-state index in [9.17, 15) is 9.59 Å². The van der Waals surface area contributed by atoms with Crippen LogP contribution in [0.15, 0.2) is 0 Å². The third kappa shape index (κ3) is 22.1. The molecule has 4 N–H and O–H groups in total. The van der Waals surface area contributed by atoms with Gasteiger partial charge in [-0.05, 0) is 13.3 Å². The first kappa shape index (κ1) is 21.2. The molecule has 0 amide bonds. The minimum Gasteiger partial charge on any atom is -0.481 e. The Hall–Kier alpha value is -1.10. The van der Waals surface area contributed by atoms with Crippen LogP contribution in [0.5, 0.6) is 0 Å². The Labute approximate surface area is 122 Å². The highest BCUT2D eigenvalue weighted by molar-refractivity contribution is 5.72. The van der Waals surface area contributed by atoms with Gasteiger partial charge in [-0.1, -0.05) is 58.3 Å². The van der Waals surface area contributed by atoms with Crippen molar-refractivity contribution < 1.29 is 19.8 Å². The van der Waals surface area contributed by atoms with Crippen molar-refractivity contribution in [1.29, 1.82) is 0 Å². The Morgan fingerprint density at radius 2 is 1.25 bits per heavy atom. The molecule has 0 aliphatic heterocycles. The number of hydrogen-bond donors (Lipinski definition) is 3. The van der Waals surface area contributed by atoms with Crippen molar-refractivity contribution in [3.05, 3.63) is 0 Å². The molecule has 0 aromatic rings. The molecule has 0 aliphatic carbocycles. The number of unbranched alkanes of at least 4 members (excludes halogenated alkanes) is 8. The molecule has 0 spiro atoms. The molecule has 1 atom stereocenters. The molecule has 0 radical (unpaired) electrons. The van der Waals surface area contributed by atoms with E-state index >= 15 is 0 Å². The Kier molecular flexibility index (Phi) is 16.9. The van der Waals surface area contributed by atoms with Crippen molar-refractivity contribution in [3.63, 3.8) is 0 Å². The summed E-state index contributed by atoms with van der Waals surface area (Å²) in [6, 6.07) is -0.731. The van der Waals surface area contributed by atoms with E-state index in [0.29, 0.717) is 6.42 Å². The first-order valence-electron chi connectivity index (χ1n) is 7.62. The Morgan fingerprint density at radius 3 is 1.55 bits per heavy atom. The average molecular weight is 289 g/mol. The van der Waals surface area contributed by atoms with Gasteiger partial charge in [-0.15, -0.1) is 0 Å². The molecule has 0 aromatic heterocycles. The first-order valence-corrected chi connectivity index (χ1v) is 7.62. The van der Waals surface area contributed by atoms with E-state index in [1.165, 1.54) is 51.9 Å². The van der Waals surface area contributed by atoms with Crippen LogP contribution in [0, 0.1) is 0 Å². The maximum absolute atomic E-state index is 10.2. The zero-order chi connectivity index (χ0) is 15.8. The summed E-state index contributed by atoms with van der Waals surface area (Å²) in [5, 5.41) is 16.3. The fraction of sp³-hybridized carbons (Fsp3) is 0.867. The maximum atomic E-state index is 10.2. The van der Waals surface area contributed by atoms with Gasteiger partial charge in [-0.2, -0.15) is 0 Å². The number of carboxylic acid groups (broad SMARTS) is 2. The van der Waals surface area contributed by atoms with Crippen LogP contribution in [0.3, 0.4) is 0 Å². The van der Waals surface area contributed by atoms with Crippen LogP contribution in [0.25, 0.3) is 0 Å². The highest BCUT2D eigenvalue weighted by Gasteiger charge is 1.99. The van der Waals surface area contributed by atoms with Gasteiger partial charge < -0.3 is 15.9 Å². The van der Waals surface area contributed by atoms with Crippen LogP contribution < -0.4 is 5.73 Å². The van der Waals surface area contributed by atoms with Crippen LogP contribution in [0.4, 0.5) is 0 Å². The van der Waals surface area contributed by atoms with Gasteiger partial charge in [0, 0.05) is 6.42 Å². The van der Waals surface area contributed by atoms with Crippen molar-refractivity contribution in [2.75, 3.05) is 0 Å². The molecule has 0 aromatic carbocycles. The molecule has 0 saturated carbocycles. The van der Waals surface area contributed by atoms with Gasteiger partial charge in [-0.25, -0.2) is 0 Å². The SMILES string of the molecule is CC(N)C(=O)O.CCCCCCCCCCCC(=O)O. The maximum Gasteiger partial charge on any atom is 0.320 e. The standard InChI is InChI=1S/C12H24O2.C3H7NO2/c1-2-3-4-5-6-7-8-9-10-11-12(13)14;1-2(4)3(5)6/h2-11H2,1H3,(H,13,14);2H,4H2,1H3,(H,5,6). The lowest BCUT2D eigenvalue weighted by atomic mass is 10.1. The second-order valence-corrected chi connectivity index (χ2v) is 5.10. The van der Waals surface area contributed by atoms with Crippen molar-refractivity contribution >= 4 is 11.9 Å². The Bertz CT molecular complexity index is 242. The quantitative estimate of drug-likeness (QED) is 0.506. The number of hydrogen-bond acceptors (Lipinski definition) is 3. The zero-order valence-electron chi connectivity index (χ0n) is 12.9. The van der Waals surface area contributed by atoms with Crippen molar-refractivity contribution in [2.24, 2.45) is 5.73 Å². The summed E-state index contributed by atoms with van der Waals surface area (Å²) in [5.41, 5.74) is 4.84. The fourth-order valence-corrected chi connectivity index (χ4v) is 1.59. The summed E-state index contributed by atoms with van der Waals surface area (Å²) in [6.07, 6.45) is 11.5. The molecule has 20 heavy (non-hydrogen) atoms. The topological polar surface area (TPSA) is 101 Å². The van der Waals surface area contributed by atoms with E-state index in [4.69, 9.17) is 15.9 Å². The molecule has 0 saturated heterocycles. The van der Waals surface area contributed by atoms with Gasteiger partial charge in [0.25, 0.3) is 0 Å². The predicted molar refractivity (Wildman–Crippen MR) is 80.8 cm³/mol. The third-order valence-electron chi connectivity index (χ3n) is 2.88. The number of rotatable bonds is 11. The van der Waals surface area contributed by atoms with Gasteiger partial charge >= 0.3 is 11.9 Å². The number of carbonyl (C=O) groups is 2. The molecule has 1 unspecified atom stereocenters. The molecule has 0 fully saturated rings. The second-order valence-electron chi connectivity index (χ2n) is 5.10. The lowest BCUT2D eigenvalue weighted by molar-refractivity contribution is -0.138. The second kappa shape index (κ2) is 16.0. The summed E-state index contributed by atoms with van der Waals surface area (Å²) in [6.45, 7) is 3.65. The minimum atomic E-state index is -0.963. The average Bonchev–Trinajstić information content (AvgIpc) is 2.37. The molecule has 5 heteroatoms. The van der Waals surface area contributed by atoms with E-state index in [-0.39, 0.29) is 0 Å². The first-order chi connectivity index (χ1) is 9.41. The summed E-state index contributed by atoms with van der Waals surface area (Å²) in [5.74, 6) is -1.62. The van der Waals surface area contributed by atoms with Gasteiger partial charge in [0.05, 0.1) is 0 Å². The molecule has 0 heterocycles. The van der Waals surface area contributed by atoms with Gasteiger partial charge in [0.15, 0.2) is 0 Å². The molecular formula is C15H31NO4. The highest BCUT2D eigenvalue weighted by Crippen LogP contribution is 2.10. The monoisotopic (exact) mass is 289 g/mol.